The third-order valence-corrected chi connectivity index (χ3v) is 3.48. The number of nitrogens with zero attached hydrogens (tertiary/aromatic N) is 1. The summed E-state index contributed by atoms with van der Waals surface area (Å²) in [5.74, 6) is -1.09. The highest BCUT2D eigenvalue weighted by Crippen LogP contribution is 2.27. The van der Waals surface area contributed by atoms with Crippen LogP contribution in [-0.4, -0.2) is 9.97 Å². The molecule has 1 heterocycles. The average molecular weight is 358 g/mol. The van der Waals surface area contributed by atoms with E-state index in [1.165, 1.54) is 6.07 Å². The molecular weight excluding hydrogens is 348 g/mol. The third kappa shape index (κ3) is 2.94. The van der Waals surface area contributed by atoms with E-state index in [2.05, 4.69) is 26.2 Å². The van der Waals surface area contributed by atoms with Gasteiger partial charge in [-0.1, -0.05) is 12.2 Å². The molecule has 1 aromatic carbocycles. The molecule has 0 spiro atoms. The van der Waals surface area contributed by atoms with Gasteiger partial charge in [0.2, 0.25) is 0 Å². The van der Waals surface area contributed by atoms with Crippen LogP contribution < -0.4 is 11.1 Å². The number of aryl methyl sites for hydroxylation is 1. The zero-order valence-electron chi connectivity index (χ0n) is 10.4. The molecule has 0 saturated heterocycles. The van der Waals surface area contributed by atoms with Gasteiger partial charge in [-0.05, 0) is 40.5 Å². The summed E-state index contributed by atoms with van der Waals surface area (Å²) < 4.78 is 27.1. The number of anilines is 2. The minimum absolute atomic E-state index is 0.0777. The number of benzene rings is 1. The van der Waals surface area contributed by atoms with Crippen LogP contribution in [0, 0.1) is 18.6 Å². The van der Waals surface area contributed by atoms with Crippen molar-refractivity contribution in [3.05, 3.63) is 51.6 Å². The third-order valence-electron chi connectivity index (χ3n) is 2.67. The normalized spacial score (nSPS) is 10.4. The van der Waals surface area contributed by atoms with Crippen LogP contribution in [0.1, 0.15) is 11.1 Å². The Balaban J connectivity index is 2.48. The summed E-state index contributed by atoms with van der Waals surface area (Å²) in [5.41, 5.74) is 7.07. The summed E-state index contributed by atoms with van der Waals surface area (Å²) in [6.45, 7) is 1.82. The maximum Gasteiger partial charge on any atom is 0.149 e. The SMILES string of the molecule is Cc1ccnc(Nc2cc(Br)c(F)cc2F)c1C(N)=S. The van der Waals surface area contributed by atoms with E-state index in [1.807, 2.05) is 6.92 Å². The van der Waals surface area contributed by atoms with E-state index in [9.17, 15) is 8.78 Å². The molecule has 0 bridgehead atoms. The second-order valence-electron chi connectivity index (χ2n) is 4.09. The molecule has 0 unspecified atom stereocenters. The molecule has 3 nitrogen and oxygen atoms in total. The molecular formula is C13H10BrF2N3S. The molecule has 3 N–H and O–H groups in total. The Kier molecular flexibility index (Phi) is 4.29. The fraction of sp³-hybridized carbons (Fsp3) is 0.0769. The lowest BCUT2D eigenvalue weighted by Crippen LogP contribution is -2.15. The lowest BCUT2D eigenvalue weighted by atomic mass is 10.1. The topological polar surface area (TPSA) is 50.9 Å². The highest BCUT2D eigenvalue weighted by Gasteiger charge is 2.13. The predicted octanol–water partition coefficient (Wildman–Crippen LogP) is 3.81. The van der Waals surface area contributed by atoms with Crippen LogP contribution in [0.3, 0.4) is 0 Å². The van der Waals surface area contributed by atoms with E-state index >= 15 is 0 Å². The Hall–Kier alpha value is -1.60. The first kappa shape index (κ1) is 14.8. The standard InChI is InChI=1S/C13H10BrF2N3S/c1-6-2-3-18-13(11(6)12(17)20)19-10-4-7(14)8(15)5-9(10)16/h2-5H,1H3,(H2,17,20)(H,18,19). The Morgan fingerprint density at radius 2 is 2.05 bits per heavy atom. The monoisotopic (exact) mass is 357 g/mol. The average Bonchev–Trinajstić information content (AvgIpc) is 2.35. The minimum atomic E-state index is -0.733. The summed E-state index contributed by atoms with van der Waals surface area (Å²) in [4.78, 5) is 4.25. The van der Waals surface area contributed by atoms with Gasteiger partial charge in [-0.2, -0.15) is 0 Å². The van der Waals surface area contributed by atoms with Crippen LogP contribution in [0.15, 0.2) is 28.9 Å². The van der Waals surface area contributed by atoms with Crippen LogP contribution in [-0.2, 0) is 0 Å². The Morgan fingerprint density at radius 1 is 1.35 bits per heavy atom. The van der Waals surface area contributed by atoms with Gasteiger partial charge in [0.1, 0.15) is 22.4 Å². The van der Waals surface area contributed by atoms with Crippen molar-refractivity contribution in [2.75, 3.05) is 5.32 Å². The van der Waals surface area contributed by atoms with E-state index < -0.39 is 11.6 Å². The first-order valence-corrected chi connectivity index (χ1v) is 6.77. The summed E-state index contributed by atoms with van der Waals surface area (Å²) >= 11 is 7.97. The zero-order valence-corrected chi connectivity index (χ0v) is 12.8. The van der Waals surface area contributed by atoms with E-state index in [1.54, 1.807) is 12.3 Å². The highest BCUT2D eigenvalue weighted by atomic mass is 79.9. The van der Waals surface area contributed by atoms with Gasteiger partial charge in [0, 0.05) is 12.3 Å². The van der Waals surface area contributed by atoms with Crippen LogP contribution in [0.5, 0.6) is 0 Å². The molecule has 0 aliphatic carbocycles. The first-order chi connectivity index (χ1) is 9.40. The van der Waals surface area contributed by atoms with Gasteiger partial charge in [0.25, 0.3) is 0 Å². The fourth-order valence-electron chi connectivity index (χ4n) is 1.71. The van der Waals surface area contributed by atoms with Crippen molar-refractivity contribution in [3.8, 4) is 0 Å². The number of pyridine rings is 1. The maximum atomic E-state index is 13.7. The molecule has 1 aromatic heterocycles. The van der Waals surface area contributed by atoms with Gasteiger partial charge in [-0.25, -0.2) is 13.8 Å². The summed E-state index contributed by atoms with van der Waals surface area (Å²) in [7, 11) is 0. The van der Waals surface area contributed by atoms with E-state index in [4.69, 9.17) is 18.0 Å². The van der Waals surface area contributed by atoms with Crippen molar-refractivity contribution >= 4 is 44.6 Å². The molecule has 7 heteroatoms. The van der Waals surface area contributed by atoms with Crippen LogP contribution in [0.2, 0.25) is 0 Å². The number of hydrogen-bond donors (Lipinski definition) is 2. The van der Waals surface area contributed by atoms with Gasteiger partial charge >= 0.3 is 0 Å². The molecule has 0 aliphatic rings. The Labute approximate surface area is 128 Å². The number of nitrogens with one attached hydrogen (secondary N) is 1. The summed E-state index contributed by atoms with van der Waals surface area (Å²) in [6.07, 6.45) is 1.55. The van der Waals surface area contributed by atoms with Crippen LogP contribution >= 0.6 is 28.1 Å². The highest BCUT2D eigenvalue weighted by molar-refractivity contribution is 9.10. The molecule has 0 amide bonds. The van der Waals surface area contributed by atoms with Gasteiger partial charge in [0.05, 0.1) is 15.7 Å². The molecule has 0 fully saturated rings. The van der Waals surface area contributed by atoms with Crippen molar-refractivity contribution in [1.82, 2.24) is 4.98 Å². The fourth-order valence-corrected chi connectivity index (χ4v) is 2.31. The van der Waals surface area contributed by atoms with Crippen molar-refractivity contribution in [2.45, 2.75) is 6.92 Å². The number of thiocarbonyl (C=S) groups is 1. The molecule has 2 aromatic rings. The second kappa shape index (κ2) is 5.80. The molecule has 104 valence electrons. The summed E-state index contributed by atoms with van der Waals surface area (Å²) in [5, 5.41) is 2.78. The summed E-state index contributed by atoms with van der Waals surface area (Å²) in [6, 6.07) is 3.82. The Morgan fingerprint density at radius 3 is 2.70 bits per heavy atom. The number of rotatable bonds is 3. The second-order valence-corrected chi connectivity index (χ2v) is 5.38. The van der Waals surface area contributed by atoms with Gasteiger partial charge in [0.15, 0.2) is 0 Å². The predicted molar refractivity (Wildman–Crippen MR) is 82.2 cm³/mol. The van der Waals surface area contributed by atoms with E-state index in [0.717, 1.165) is 11.6 Å². The minimum Gasteiger partial charge on any atom is -0.389 e. The van der Waals surface area contributed by atoms with Crippen molar-refractivity contribution < 1.29 is 8.78 Å². The lowest BCUT2D eigenvalue weighted by Gasteiger charge is -2.13. The van der Waals surface area contributed by atoms with E-state index in [0.29, 0.717) is 11.4 Å². The van der Waals surface area contributed by atoms with Crippen molar-refractivity contribution in [1.29, 1.82) is 0 Å². The molecule has 0 saturated carbocycles. The molecule has 0 radical (unpaired) electrons. The largest absolute Gasteiger partial charge is 0.389 e. The number of halogens is 3. The zero-order chi connectivity index (χ0) is 14.9. The van der Waals surface area contributed by atoms with Gasteiger partial charge < -0.3 is 11.1 Å². The number of hydrogen-bond acceptors (Lipinski definition) is 3. The number of aromatic nitrogens is 1. The Bertz CT molecular complexity index is 692. The van der Waals surface area contributed by atoms with Gasteiger partial charge in [-0.3, -0.25) is 0 Å². The smallest absolute Gasteiger partial charge is 0.149 e. The molecule has 2 rings (SSSR count). The molecule has 20 heavy (non-hydrogen) atoms. The number of nitrogens with two attached hydrogens (primary N) is 1. The maximum absolute atomic E-state index is 13.7. The molecule has 0 aliphatic heterocycles. The van der Waals surface area contributed by atoms with Crippen LogP contribution in [0.4, 0.5) is 20.3 Å². The lowest BCUT2D eigenvalue weighted by molar-refractivity contribution is 0.581. The van der Waals surface area contributed by atoms with Crippen molar-refractivity contribution in [2.24, 2.45) is 5.73 Å². The quantitative estimate of drug-likeness (QED) is 0.647. The van der Waals surface area contributed by atoms with E-state index in [-0.39, 0.29) is 15.1 Å². The van der Waals surface area contributed by atoms with Crippen molar-refractivity contribution in [3.63, 3.8) is 0 Å². The van der Waals surface area contributed by atoms with Crippen LogP contribution in [0.25, 0.3) is 0 Å². The first-order valence-electron chi connectivity index (χ1n) is 5.57. The molecule has 0 atom stereocenters. The van der Waals surface area contributed by atoms with Gasteiger partial charge in [-0.15, -0.1) is 0 Å².